The van der Waals surface area contributed by atoms with Crippen molar-refractivity contribution >= 4 is 17.7 Å². The summed E-state index contributed by atoms with van der Waals surface area (Å²) in [6, 6.07) is 6.05. The minimum absolute atomic E-state index is 0.179. The number of aromatic nitrogens is 1. The maximum atomic E-state index is 11.4. The number of nitrogens with zero attached hydrogens (tertiary/aromatic N) is 6. The van der Waals surface area contributed by atoms with Gasteiger partial charge in [0, 0.05) is 85.6 Å². The lowest BCUT2D eigenvalue weighted by molar-refractivity contribution is -0.130. The minimum atomic E-state index is 0.179. The third-order valence-electron chi connectivity index (χ3n) is 5.29. The van der Waals surface area contributed by atoms with E-state index in [0.717, 1.165) is 77.2 Å². The number of pyridine rings is 1. The predicted molar refractivity (Wildman–Crippen MR) is 108 cm³/mol. The Balaban J connectivity index is 1.38. The molecule has 1 N–H and O–H groups in total. The zero-order valence-electron chi connectivity index (χ0n) is 16.5. The number of carbonyl (C=O) groups excluding carboxylic acids is 1. The fourth-order valence-electron chi connectivity index (χ4n) is 3.63. The number of carbonyl (C=O) groups is 1. The molecule has 0 radical (unpaired) electrons. The molecule has 2 aliphatic heterocycles. The highest BCUT2D eigenvalue weighted by molar-refractivity contribution is 5.80. The molecule has 0 aromatic carbocycles. The van der Waals surface area contributed by atoms with Gasteiger partial charge in [0.1, 0.15) is 5.82 Å². The van der Waals surface area contributed by atoms with E-state index >= 15 is 0 Å². The first kappa shape index (κ1) is 19.4. The van der Waals surface area contributed by atoms with Crippen LogP contribution < -0.4 is 10.2 Å². The number of nitrogens with one attached hydrogen (secondary N) is 1. The molecule has 0 saturated carbocycles. The van der Waals surface area contributed by atoms with Crippen molar-refractivity contribution in [1.29, 1.82) is 0 Å². The molecule has 27 heavy (non-hydrogen) atoms. The number of guanidine groups is 1. The molecule has 2 aliphatic rings. The highest BCUT2D eigenvalue weighted by atomic mass is 16.2. The minimum Gasteiger partial charge on any atom is -0.355 e. The van der Waals surface area contributed by atoms with Crippen molar-refractivity contribution in [3.63, 3.8) is 0 Å². The fourth-order valence-corrected chi connectivity index (χ4v) is 3.63. The van der Waals surface area contributed by atoms with Crippen LogP contribution in [0.4, 0.5) is 5.82 Å². The Morgan fingerprint density at radius 3 is 2.37 bits per heavy atom. The Bertz CT molecular complexity index is 620. The fraction of sp³-hybridized carbons (Fsp3) is 0.632. The zero-order chi connectivity index (χ0) is 19.1. The SMILES string of the molecule is CN=C(NCCN1CCN(C(C)=O)CC1)N1CCN(c2ccccn2)CC1. The quantitative estimate of drug-likeness (QED) is 0.589. The van der Waals surface area contributed by atoms with E-state index in [9.17, 15) is 4.79 Å². The first-order valence-electron chi connectivity index (χ1n) is 9.77. The Morgan fingerprint density at radius 2 is 1.78 bits per heavy atom. The Hall–Kier alpha value is -2.35. The smallest absolute Gasteiger partial charge is 0.219 e. The number of rotatable bonds is 4. The van der Waals surface area contributed by atoms with E-state index in [-0.39, 0.29) is 5.91 Å². The summed E-state index contributed by atoms with van der Waals surface area (Å²) >= 11 is 0. The van der Waals surface area contributed by atoms with E-state index in [1.807, 2.05) is 30.3 Å². The van der Waals surface area contributed by atoms with Crippen molar-refractivity contribution in [2.24, 2.45) is 4.99 Å². The lowest BCUT2D eigenvalue weighted by Gasteiger charge is -2.37. The second-order valence-corrected chi connectivity index (χ2v) is 6.98. The second-order valence-electron chi connectivity index (χ2n) is 6.98. The van der Waals surface area contributed by atoms with Crippen molar-refractivity contribution in [2.75, 3.05) is 77.4 Å². The number of hydrogen-bond donors (Lipinski definition) is 1. The van der Waals surface area contributed by atoms with Crippen LogP contribution in [-0.2, 0) is 4.79 Å². The summed E-state index contributed by atoms with van der Waals surface area (Å²) < 4.78 is 0. The van der Waals surface area contributed by atoms with Crippen molar-refractivity contribution in [3.05, 3.63) is 24.4 Å². The summed E-state index contributed by atoms with van der Waals surface area (Å²) in [7, 11) is 1.85. The molecule has 2 saturated heterocycles. The van der Waals surface area contributed by atoms with Gasteiger partial charge in [0.05, 0.1) is 0 Å². The van der Waals surface area contributed by atoms with Gasteiger partial charge in [0.25, 0.3) is 0 Å². The molecule has 3 rings (SSSR count). The molecule has 1 aromatic heterocycles. The molecule has 0 aliphatic carbocycles. The Kier molecular flexibility index (Phi) is 6.86. The molecule has 0 atom stereocenters. The lowest BCUT2D eigenvalue weighted by Crippen LogP contribution is -2.54. The van der Waals surface area contributed by atoms with E-state index in [2.05, 4.69) is 36.1 Å². The van der Waals surface area contributed by atoms with Crippen LogP contribution in [0.1, 0.15) is 6.92 Å². The van der Waals surface area contributed by atoms with Crippen molar-refractivity contribution < 1.29 is 4.79 Å². The number of aliphatic imine (C=N–C) groups is 1. The highest BCUT2D eigenvalue weighted by Crippen LogP contribution is 2.12. The van der Waals surface area contributed by atoms with Crippen LogP contribution in [0.25, 0.3) is 0 Å². The summed E-state index contributed by atoms with van der Waals surface area (Å²) in [5, 5.41) is 3.49. The normalized spacial score (nSPS) is 19.3. The topological polar surface area (TPSA) is 67.3 Å². The van der Waals surface area contributed by atoms with E-state index in [4.69, 9.17) is 0 Å². The van der Waals surface area contributed by atoms with Crippen LogP contribution in [-0.4, -0.2) is 104 Å². The molecular weight excluding hydrogens is 342 g/mol. The third-order valence-corrected chi connectivity index (χ3v) is 5.29. The van der Waals surface area contributed by atoms with Gasteiger partial charge >= 0.3 is 0 Å². The van der Waals surface area contributed by atoms with Gasteiger partial charge in [-0.05, 0) is 12.1 Å². The summed E-state index contributed by atoms with van der Waals surface area (Å²) in [6.45, 7) is 10.8. The summed E-state index contributed by atoms with van der Waals surface area (Å²) in [4.78, 5) is 29.3. The zero-order valence-corrected chi connectivity index (χ0v) is 16.5. The van der Waals surface area contributed by atoms with Crippen LogP contribution in [0.2, 0.25) is 0 Å². The number of amides is 1. The Labute approximate surface area is 161 Å². The van der Waals surface area contributed by atoms with Gasteiger partial charge in [-0.15, -0.1) is 0 Å². The standard InChI is InChI=1S/C19H31N7O/c1-17(27)24-11-9-23(10-12-24)8-7-22-19(20-2)26-15-13-25(14-16-26)18-5-3-4-6-21-18/h3-6H,7-16H2,1-2H3,(H,20,22). The van der Waals surface area contributed by atoms with E-state index in [0.29, 0.717) is 0 Å². The summed E-state index contributed by atoms with van der Waals surface area (Å²) in [5.74, 6) is 2.20. The number of piperazine rings is 2. The lowest BCUT2D eigenvalue weighted by atomic mass is 10.3. The molecule has 1 aromatic rings. The van der Waals surface area contributed by atoms with Gasteiger partial charge in [-0.3, -0.25) is 14.7 Å². The summed E-state index contributed by atoms with van der Waals surface area (Å²) in [5.41, 5.74) is 0. The third kappa shape index (κ3) is 5.32. The van der Waals surface area contributed by atoms with Crippen LogP contribution >= 0.6 is 0 Å². The van der Waals surface area contributed by atoms with Gasteiger partial charge in [-0.25, -0.2) is 4.98 Å². The molecule has 2 fully saturated rings. The average molecular weight is 374 g/mol. The molecule has 3 heterocycles. The molecule has 148 valence electrons. The van der Waals surface area contributed by atoms with Gasteiger partial charge in [0.15, 0.2) is 5.96 Å². The maximum Gasteiger partial charge on any atom is 0.219 e. The molecule has 0 bridgehead atoms. The van der Waals surface area contributed by atoms with Gasteiger partial charge < -0.3 is 20.0 Å². The average Bonchev–Trinajstić information content (AvgIpc) is 2.72. The van der Waals surface area contributed by atoms with Gasteiger partial charge in [0.2, 0.25) is 5.91 Å². The molecule has 8 nitrogen and oxygen atoms in total. The second kappa shape index (κ2) is 9.55. The maximum absolute atomic E-state index is 11.4. The highest BCUT2D eigenvalue weighted by Gasteiger charge is 2.21. The van der Waals surface area contributed by atoms with E-state index in [1.54, 1.807) is 6.92 Å². The molecule has 0 unspecified atom stereocenters. The van der Waals surface area contributed by atoms with E-state index in [1.165, 1.54) is 0 Å². The monoisotopic (exact) mass is 373 g/mol. The van der Waals surface area contributed by atoms with E-state index < -0.39 is 0 Å². The van der Waals surface area contributed by atoms with Crippen molar-refractivity contribution in [1.82, 2.24) is 25.0 Å². The first-order chi connectivity index (χ1) is 13.2. The number of hydrogen-bond acceptors (Lipinski definition) is 5. The molecule has 0 spiro atoms. The van der Waals surface area contributed by atoms with Crippen LogP contribution in [0.15, 0.2) is 29.4 Å². The van der Waals surface area contributed by atoms with Crippen molar-refractivity contribution in [2.45, 2.75) is 6.92 Å². The molecular formula is C19H31N7O. The molecule has 1 amide bonds. The first-order valence-corrected chi connectivity index (χ1v) is 9.77. The van der Waals surface area contributed by atoms with Crippen LogP contribution in [0, 0.1) is 0 Å². The van der Waals surface area contributed by atoms with Gasteiger partial charge in [-0.1, -0.05) is 6.07 Å². The number of anilines is 1. The Morgan fingerprint density at radius 1 is 1.07 bits per heavy atom. The van der Waals surface area contributed by atoms with Gasteiger partial charge in [-0.2, -0.15) is 0 Å². The van der Waals surface area contributed by atoms with Crippen LogP contribution in [0.5, 0.6) is 0 Å². The van der Waals surface area contributed by atoms with Crippen molar-refractivity contribution in [3.8, 4) is 0 Å². The molecule has 8 heteroatoms. The summed E-state index contributed by atoms with van der Waals surface area (Å²) in [6.07, 6.45) is 1.85. The largest absolute Gasteiger partial charge is 0.355 e. The predicted octanol–water partition coefficient (Wildman–Crippen LogP) is -0.0569. The van der Waals surface area contributed by atoms with Crippen LogP contribution in [0.3, 0.4) is 0 Å².